The molecule has 1 saturated heterocycles. The summed E-state index contributed by atoms with van der Waals surface area (Å²) in [7, 11) is 1.58. The molecule has 124 valence electrons. The predicted octanol–water partition coefficient (Wildman–Crippen LogP) is 1.04. The molecule has 1 heterocycles. The SMILES string of the molecule is CCC1(c2ccc(OC)c(C)c2)NC(=O)N(CCC(N)=O)C1=O. The number of urea groups is 1. The van der Waals surface area contributed by atoms with Gasteiger partial charge in [-0.15, -0.1) is 0 Å². The highest BCUT2D eigenvalue weighted by molar-refractivity contribution is 6.07. The number of carbonyl (C=O) groups excluding carboxylic acids is 3. The molecule has 0 bridgehead atoms. The molecule has 23 heavy (non-hydrogen) atoms. The lowest BCUT2D eigenvalue weighted by Gasteiger charge is -2.26. The zero-order valence-electron chi connectivity index (χ0n) is 13.5. The van der Waals surface area contributed by atoms with Crippen LogP contribution in [0.4, 0.5) is 4.79 Å². The van der Waals surface area contributed by atoms with Crippen molar-refractivity contribution in [3.63, 3.8) is 0 Å². The minimum absolute atomic E-state index is 0.0170. The number of benzene rings is 1. The van der Waals surface area contributed by atoms with Crippen molar-refractivity contribution in [1.82, 2.24) is 10.2 Å². The van der Waals surface area contributed by atoms with Crippen molar-refractivity contribution in [1.29, 1.82) is 0 Å². The summed E-state index contributed by atoms with van der Waals surface area (Å²) >= 11 is 0. The van der Waals surface area contributed by atoms with Gasteiger partial charge in [0, 0.05) is 13.0 Å². The fraction of sp³-hybridized carbons (Fsp3) is 0.438. The first-order valence-electron chi connectivity index (χ1n) is 7.43. The topological polar surface area (TPSA) is 102 Å². The molecule has 7 nitrogen and oxygen atoms in total. The minimum atomic E-state index is -1.12. The number of aryl methyl sites for hydroxylation is 1. The van der Waals surface area contributed by atoms with Gasteiger partial charge in [0.15, 0.2) is 0 Å². The number of primary amides is 1. The molecule has 4 amide bonds. The van der Waals surface area contributed by atoms with Gasteiger partial charge in [-0.2, -0.15) is 0 Å². The Hall–Kier alpha value is -2.57. The van der Waals surface area contributed by atoms with E-state index in [1.54, 1.807) is 19.2 Å². The number of imide groups is 1. The van der Waals surface area contributed by atoms with Crippen LogP contribution in [0.15, 0.2) is 18.2 Å². The van der Waals surface area contributed by atoms with Gasteiger partial charge in [-0.1, -0.05) is 13.0 Å². The van der Waals surface area contributed by atoms with E-state index < -0.39 is 17.5 Å². The zero-order chi connectivity index (χ0) is 17.2. The van der Waals surface area contributed by atoms with Gasteiger partial charge in [0.05, 0.1) is 7.11 Å². The molecule has 0 radical (unpaired) electrons. The molecule has 1 unspecified atom stereocenters. The third-order valence-corrected chi connectivity index (χ3v) is 4.18. The Morgan fingerprint density at radius 3 is 2.61 bits per heavy atom. The Kier molecular flexibility index (Phi) is 4.58. The minimum Gasteiger partial charge on any atom is -0.496 e. The van der Waals surface area contributed by atoms with Gasteiger partial charge in [-0.25, -0.2) is 4.79 Å². The third-order valence-electron chi connectivity index (χ3n) is 4.18. The van der Waals surface area contributed by atoms with Gasteiger partial charge < -0.3 is 15.8 Å². The van der Waals surface area contributed by atoms with Crippen molar-refractivity contribution in [3.8, 4) is 5.75 Å². The van der Waals surface area contributed by atoms with Crippen LogP contribution in [0, 0.1) is 6.92 Å². The van der Waals surface area contributed by atoms with Crippen LogP contribution >= 0.6 is 0 Å². The number of methoxy groups -OCH3 is 1. The molecular weight excluding hydrogens is 298 g/mol. The maximum absolute atomic E-state index is 12.8. The highest BCUT2D eigenvalue weighted by atomic mass is 16.5. The fourth-order valence-electron chi connectivity index (χ4n) is 2.83. The first kappa shape index (κ1) is 16.8. The first-order chi connectivity index (χ1) is 10.9. The van der Waals surface area contributed by atoms with E-state index >= 15 is 0 Å². The van der Waals surface area contributed by atoms with E-state index in [9.17, 15) is 14.4 Å². The van der Waals surface area contributed by atoms with Crippen LogP contribution in [0.1, 0.15) is 30.9 Å². The van der Waals surface area contributed by atoms with Crippen LogP contribution in [0.3, 0.4) is 0 Å². The second-order valence-corrected chi connectivity index (χ2v) is 5.55. The maximum atomic E-state index is 12.8. The first-order valence-corrected chi connectivity index (χ1v) is 7.43. The van der Waals surface area contributed by atoms with Crippen LogP contribution in [0.5, 0.6) is 5.75 Å². The van der Waals surface area contributed by atoms with E-state index in [0.717, 1.165) is 10.5 Å². The Morgan fingerprint density at radius 1 is 1.39 bits per heavy atom. The lowest BCUT2D eigenvalue weighted by atomic mass is 9.86. The average molecular weight is 319 g/mol. The molecule has 1 aromatic carbocycles. The summed E-state index contributed by atoms with van der Waals surface area (Å²) in [6.07, 6.45) is 0.344. The van der Waals surface area contributed by atoms with E-state index in [2.05, 4.69) is 5.32 Å². The largest absolute Gasteiger partial charge is 0.496 e. The molecule has 1 aromatic rings. The van der Waals surface area contributed by atoms with Crippen molar-refractivity contribution in [2.75, 3.05) is 13.7 Å². The van der Waals surface area contributed by atoms with E-state index in [0.29, 0.717) is 17.7 Å². The van der Waals surface area contributed by atoms with E-state index in [1.165, 1.54) is 0 Å². The number of nitrogens with two attached hydrogens (primary N) is 1. The number of hydrogen-bond donors (Lipinski definition) is 2. The quantitative estimate of drug-likeness (QED) is 0.765. The number of carbonyl (C=O) groups is 3. The average Bonchev–Trinajstić information content (AvgIpc) is 2.76. The molecule has 0 spiro atoms. The van der Waals surface area contributed by atoms with Gasteiger partial charge >= 0.3 is 6.03 Å². The predicted molar refractivity (Wildman–Crippen MR) is 83.8 cm³/mol. The van der Waals surface area contributed by atoms with Crippen molar-refractivity contribution < 1.29 is 19.1 Å². The van der Waals surface area contributed by atoms with Gasteiger partial charge in [0.25, 0.3) is 5.91 Å². The second kappa shape index (κ2) is 6.28. The normalized spacial score (nSPS) is 20.6. The van der Waals surface area contributed by atoms with Crippen molar-refractivity contribution >= 4 is 17.8 Å². The number of hydrogen-bond acceptors (Lipinski definition) is 4. The van der Waals surface area contributed by atoms with Crippen LogP contribution in [0.2, 0.25) is 0 Å². The fourth-order valence-corrected chi connectivity index (χ4v) is 2.83. The molecule has 1 aliphatic heterocycles. The summed E-state index contributed by atoms with van der Waals surface area (Å²) in [5.74, 6) is -0.210. The summed E-state index contributed by atoms with van der Waals surface area (Å²) in [6.45, 7) is 3.68. The summed E-state index contributed by atoms with van der Waals surface area (Å²) in [4.78, 5) is 37.0. The van der Waals surface area contributed by atoms with Crippen LogP contribution in [-0.2, 0) is 15.1 Å². The molecule has 1 aliphatic rings. The van der Waals surface area contributed by atoms with E-state index in [1.807, 2.05) is 19.9 Å². The Morgan fingerprint density at radius 2 is 2.09 bits per heavy atom. The number of amides is 4. The Bertz CT molecular complexity index is 659. The number of ether oxygens (including phenoxy) is 1. The number of nitrogens with zero attached hydrogens (tertiary/aromatic N) is 1. The summed E-state index contributed by atoms with van der Waals surface area (Å²) in [5.41, 5.74) is 5.55. The van der Waals surface area contributed by atoms with E-state index in [4.69, 9.17) is 10.5 Å². The van der Waals surface area contributed by atoms with Crippen molar-refractivity contribution in [3.05, 3.63) is 29.3 Å². The zero-order valence-corrected chi connectivity index (χ0v) is 13.5. The van der Waals surface area contributed by atoms with E-state index in [-0.39, 0.29) is 18.9 Å². The highest BCUT2D eigenvalue weighted by Gasteiger charge is 2.51. The Labute approximate surface area is 134 Å². The molecular formula is C16H21N3O4. The van der Waals surface area contributed by atoms with Crippen LogP contribution in [0.25, 0.3) is 0 Å². The standard InChI is InChI=1S/C16H21N3O4/c1-4-16(11-5-6-12(23-3)10(2)9-11)14(21)19(15(22)18-16)8-7-13(17)20/h5-6,9H,4,7-8H2,1-3H3,(H2,17,20)(H,18,22). The summed E-state index contributed by atoms with van der Waals surface area (Å²) < 4.78 is 5.23. The monoisotopic (exact) mass is 319 g/mol. The van der Waals surface area contributed by atoms with Crippen LogP contribution < -0.4 is 15.8 Å². The summed E-state index contributed by atoms with van der Waals surface area (Å²) in [5, 5.41) is 2.77. The van der Waals surface area contributed by atoms with Crippen molar-refractivity contribution in [2.24, 2.45) is 5.73 Å². The molecule has 1 fully saturated rings. The van der Waals surface area contributed by atoms with Crippen molar-refractivity contribution in [2.45, 2.75) is 32.2 Å². The van der Waals surface area contributed by atoms with Gasteiger partial charge in [0.1, 0.15) is 11.3 Å². The molecule has 0 saturated carbocycles. The number of nitrogens with one attached hydrogen (secondary N) is 1. The van der Waals surface area contributed by atoms with Gasteiger partial charge in [-0.3, -0.25) is 14.5 Å². The highest BCUT2D eigenvalue weighted by Crippen LogP contribution is 2.34. The molecule has 7 heteroatoms. The molecule has 0 aromatic heterocycles. The molecule has 3 N–H and O–H groups in total. The van der Waals surface area contributed by atoms with Crippen LogP contribution in [-0.4, -0.2) is 36.4 Å². The second-order valence-electron chi connectivity index (χ2n) is 5.55. The Balaban J connectivity index is 2.37. The maximum Gasteiger partial charge on any atom is 0.325 e. The lowest BCUT2D eigenvalue weighted by Crippen LogP contribution is -2.43. The molecule has 0 aliphatic carbocycles. The summed E-state index contributed by atoms with van der Waals surface area (Å²) in [6, 6.07) is 4.86. The molecule has 2 rings (SSSR count). The smallest absolute Gasteiger partial charge is 0.325 e. The lowest BCUT2D eigenvalue weighted by molar-refractivity contribution is -0.132. The third kappa shape index (κ3) is 2.86. The van der Waals surface area contributed by atoms with Gasteiger partial charge in [-0.05, 0) is 36.6 Å². The van der Waals surface area contributed by atoms with Gasteiger partial charge in [0.2, 0.25) is 5.91 Å². The molecule has 1 atom stereocenters. The number of rotatable bonds is 6.